The van der Waals surface area contributed by atoms with Crippen molar-refractivity contribution >= 4 is 27.0 Å². The van der Waals surface area contributed by atoms with E-state index in [1.807, 2.05) is 31.2 Å². The lowest BCUT2D eigenvalue weighted by Gasteiger charge is -2.04. The summed E-state index contributed by atoms with van der Waals surface area (Å²) in [6, 6.07) is 16.4. The lowest BCUT2D eigenvalue weighted by Crippen LogP contribution is -2.17. The average Bonchev–Trinajstić information content (AvgIpc) is 3.25. The molecular formula is C17H17NO2S2. The minimum Gasteiger partial charge on any atom is -0.393 e. The summed E-state index contributed by atoms with van der Waals surface area (Å²) >= 11 is 5.09. The van der Waals surface area contributed by atoms with Crippen LogP contribution in [0.3, 0.4) is 0 Å². The molecule has 0 bridgehead atoms. The lowest BCUT2D eigenvalue weighted by atomic mass is 10.1. The Hall–Kier alpha value is -1.72. The van der Waals surface area contributed by atoms with E-state index in [4.69, 9.17) is 18.0 Å². The van der Waals surface area contributed by atoms with Gasteiger partial charge in [0.15, 0.2) is 9.84 Å². The maximum Gasteiger partial charge on any atom is 0.182 e. The fourth-order valence-electron chi connectivity index (χ4n) is 2.96. The van der Waals surface area contributed by atoms with Gasteiger partial charge in [0.1, 0.15) is 0 Å². The van der Waals surface area contributed by atoms with Gasteiger partial charge in [0.25, 0.3) is 0 Å². The number of sulfone groups is 1. The molecule has 3 rings (SSSR count). The van der Waals surface area contributed by atoms with Gasteiger partial charge in [0.2, 0.25) is 0 Å². The first-order valence-corrected chi connectivity index (χ1v) is 9.03. The Kier molecular flexibility index (Phi) is 3.78. The molecule has 3 nitrogen and oxygen atoms in total. The molecule has 0 aliphatic heterocycles. The number of aryl methyl sites for hydroxylation is 1. The summed E-state index contributed by atoms with van der Waals surface area (Å²) in [7, 11) is -3.43. The number of thiocarbonyl (C=S) groups is 1. The van der Waals surface area contributed by atoms with Crippen molar-refractivity contribution in [2.75, 3.05) is 0 Å². The highest BCUT2D eigenvalue weighted by Crippen LogP contribution is 2.54. The number of hydrogen-bond donors (Lipinski definition) is 1. The van der Waals surface area contributed by atoms with Gasteiger partial charge in [0, 0.05) is 11.8 Å². The van der Waals surface area contributed by atoms with E-state index in [0.29, 0.717) is 4.90 Å². The molecule has 0 heterocycles. The summed E-state index contributed by atoms with van der Waals surface area (Å²) in [6.45, 7) is 2.00. The normalized spacial score (nSPS) is 24.0. The van der Waals surface area contributed by atoms with Crippen molar-refractivity contribution in [2.45, 2.75) is 23.0 Å². The summed E-state index contributed by atoms with van der Waals surface area (Å²) in [5, 5.41) is -0.560. The topological polar surface area (TPSA) is 60.2 Å². The van der Waals surface area contributed by atoms with Crippen LogP contribution in [0.5, 0.6) is 0 Å². The first-order valence-electron chi connectivity index (χ1n) is 7.08. The van der Waals surface area contributed by atoms with Gasteiger partial charge in [-0.2, -0.15) is 0 Å². The highest BCUT2D eigenvalue weighted by Gasteiger charge is 2.60. The quantitative estimate of drug-likeness (QED) is 0.875. The Bertz CT molecular complexity index is 798. The molecule has 0 spiro atoms. The Balaban J connectivity index is 1.99. The fourth-order valence-corrected chi connectivity index (χ4v) is 5.51. The van der Waals surface area contributed by atoms with Crippen LogP contribution in [0.4, 0.5) is 0 Å². The van der Waals surface area contributed by atoms with Gasteiger partial charge in [-0.1, -0.05) is 60.2 Å². The first-order chi connectivity index (χ1) is 10.4. The van der Waals surface area contributed by atoms with E-state index in [-0.39, 0.29) is 16.8 Å². The zero-order chi connectivity index (χ0) is 15.9. The first kappa shape index (κ1) is 15.2. The molecule has 0 saturated heterocycles. The van der Waals surface area contributed by atoms with E-state index in [0.717, 1.165) is 11.1 Å². The third-order valence-corrected chi connectivity index (χ3v) is 6.68. The van der Waals surface area contributed by atoms with E-state index in [1.165, 1.54) is 0 Å². The van der Waals surface area contributed by atoms with Crippen LogP contribution in [0, 0.1) is 12.8 Å². The van der Waals surface area contributed by atoms with Crippen LogP contribution in [-0.2, 0) is 9.84 Å². The number of hydrogen-bond acceptors (Lipinski definition) is 3. The number of rotatable bonds is 4. The SMILES string of the molecule is Cc1ccc([C@H]2[C@H](C(N)=S)[C@@H]2S(=O)(=O)c2ccccc2)cc1. The number of benzene rings is 2. The van der Waals surface area contributed by atoms with Gasteiger partial charge in [-0.05, 0) is 24.6 Å². The van der Waals surface area contributed by atoms with Gasteiger partial charge in [-0.15, -0.1) is 0 Å². The van der Waals surface area contributed by atoms with E-state index < -0.39 is 15.1 Å². The summed E-state index contributed by atoms with van der Waals surface area (Å²) in [4.78, 5) is 0.603. The van der Waals surface area contributed by atoms with E-state index in [9.17, 15) is 8.42 Å². The molecular weight excluding hydrogens is 314 g/mol. The number of nitrogens with two attached hydrogens (primary N) is 1. The smallest absolute Gasteiger partial charge is 0.182 e. The fraction of sp³-hybridized carbons (Fsp3) is 0.235. The lowest BCUT2D eigenvalue weighted by molar-refractivity contribution is 0.593. The molecule has 2 aromatic rings. The maximum absolute atomic E-state index is 12.8. The second-order valence-electron chi connectivity index (χ2n) is 5.69. The minimum absolute atomic E-state index is 0.150. The maximum atomic E-state index is 12.8. The van der Waals surface area contributed by atoms with Crippen LogP contribution in [0.25, 0.3) is 0 Å². The van der Waals surface area contributed by atoms with Crippen molar-refractivity contribution in [1.29, 1.82) is 0 Å². The second-order valence-corrected chi connectivity index (χ2v) is 8.26. The van der Waals surface area contributed by atoms with Crippen molar-refractivity contribution in [2.24, 2.45) is 11.7 Å². The standard InChI is InChI=1S/C17H17NO2S2/c1-11-7-9-12(10-8-11)14-15(17(18)21)16(14)22(19,20)13-5-3-2-4-6-13/h2-10,14-16H,1H3,(H2,18,21)/t14-,15-,16+/m0/s1. The highest BCUT2D eigenvalue weighted by molar-refractivity contribution is 7.92. The Morgan fingerprint density at radius 3 is 2.18 bits per heavy atom. The second kappa shape index (κ2) is 5.48. The Labute approximate surface area is 136 Å². The predicted molar refractivity (Wildman–Crippen MR) is 91.6 cm³/mol. The van der Waals surface area contributed by atoms with Crippen LogP contribution in [0.1, 0.15) is 17.0 Å². The van der Waals surface area contributed by atoms with Gasteiger partial charge in [-0.3, -0.25) is 0 Å². The minimum atomic E-state index is -3.43. The third-order valence-electron chi connectivity index (χ3n) is 4.17. The molecule has 114 valence electrons. The summed E-state index contributed by atoms with van der Waals surface area (Å²) in [5.74, 6) is -0.439. The van der Waals surface area contributed by atoms with Gasteiger partial charge < -0.3 is 5.73 Å². The molecule has 1 saturated carbocycles. The van der Waals surface area contributed by atoms with Crippen LogP contribution in [-0.4, -0.2) is 18.7 Å². The highest BCUT2D eigenvalue weighted by atomic mass is 32.2. The molecule has 2 aromatic carbocycles. The molecule has 0 radical (unpaired) electrons. The summed E-state index contributed by atoms with van der Waals surface area (Å²) in [5.41, 5.74) is 7.90. The summed E-state index contributed by atoms with van der Waals surface area (Å²) in [6.07, 6.45) is 0. The molecule has 1 aliphatic carbocycles. The van der Waals surface area contributed by atoms with E-state index in [2.05, 4.69) is 0 Å². The van der Waals surface area contributed by atoms with Crippen LogP contribution < -0.4 is 5.73 Å². The van der Waals surface area contributed by atoms with Gasteiger partial charge in [0.05, 0.1) is 15.1 Å². The molecule has 0 amide bonds. The van der Waals surface area contributed by atoms with E-state index in [1.54, 1.807) is 30.3 Å². The molecule has 22 heavy (non-hydrogen) atoms. The van der Waals surface area contributed by atoms with Crippen molar-refractivity contribution in [3.05, 3.63) is 65.7 Å². The van der Waals surface area contributed by atoms with Gasteiger partial charge >= 0.3 is 0 Å². The van der Waals surface area contributed by atoms with Crippen molar-refractivity contribution < 1.29 is 8.42 Å². The largest absolute Gasteiger partial charge is 0.393 e. The molecule has 1 aliphatic rings. The van der Waals surface area contributed by atoms with E-state index >= 15 is 0 Å². The molecule has 5 heteroatoms. The van der Waals surface area contributed by atoms with Crippen LogP contribution in [0.2, 0.25) is 0 Å². The third kappa shape index (κ3) is 2.55. The van der Waals surface area contributed by atoms with Crippen LogP contribution >= 0.6 is 12.2 Å². The molecule has 0 aromatic heterocycles. The molecule has 3 atom stereocenters. The van der Waals surface area contributed by atoms with Crippen LogP contribution in [0.15, 0.2) is 59.5 Å². The molecule has 0 unspecified atom stereocenters. The monoisotopic (exact) mass is 331 g/mol. The van der Waals surface area contributed by atoms with Crippen molar-refractivity contribution in [3.8, 4) is 0 Å². The molecule has 1 fully saturated rings. The van der Waals surface area contributed by atoms with Crippen molar-refractivity contribution in [1.82, 2.24) is 0 Å². The Morgan fingerprint density at radius 1 is 1.05 bits per heavy atom. The molecule has 2 N–H and O–H groups in total. The zero-order valence-corrected chi connectivity index (χ0v) is 13.8. The Morgan fingerprint density at radius 2 is 1.64 bits per heavy atom. The zero-order valence-electron chi connectivity index (χ0n) is 12.1. The van der Waals surface area contributed by atoms with Gasteiger partial charge in [-0.25, -0.2) is 8.42 Å². The predicted octanol–water partition coefficient (Wildman–Crippen LogP) is 2.84. The van der Waals surface area contributed by atoms with Crippen molar-refractivity contribution in [3.63, 3.8) is 0 Å². The summed E-state index contributed by atoms with van der Waals surface area (Å²) < 4.78 is 25.7. The average molecular weight is 331 g/mol.